The van der Waals surface area contributed by atoms with Gasteiger partial charge in [0.05, 0.1) is 6.10 Å². The van der Waals surface area contributed by atoms with Gasteiger partial charge >= 0.3 is 0 Å². The van der Waals surface area contributed by atoms with Crippen LogP contribution in [0.2, 0.25) is 0 Å². The van der Waals surface area contributed by atoms with Gasteiger partial charge in [0.2, 0.25) is 5.91 Å². The molecular formula is C16H31NO3. The molecule has 0 radical (unpaired) electrons. The summed E-state index contributed by atoms with van der Waals surface area (Å²) in [6.07, 6.45) is 1.51. The number of hydrogen-bond acceptors (Lipinski definition) is 3. The first kappa shape index (κ1) is 17.4. The highest BCUT2D eigenvalue weighted by Crippen LogP contribution is 2.26. The summed E-state index contributed by atoms with van der Waals surface area (Å²) in [5.74, 6) is 0.725. The van der Waals surface area contributed by atoms with Gasteiger partial charge in [-0.2, -0.15) is 0 Å². The molecule has 0 aromatic carbocycles. The lowest BCUT2D eigenvalue weighted by atomic mass is 9.80. The van der Waals surface area contributed by atoms with Gasteiger partial charge in [-0.25, -0.2) is 0 Å². The zero-order valence-electron chi connectivity index (χ0n) is 13.6. The molecule has 1 fully saturated rings. The summed E-state index contributed by atoms with van der Waals surface area (Å²) in [7, 11) is 0. The van der Waals surface area contributed by atoms with Gasteiger partial charge in [-0.3, -0.25) is 4.79 Å². The zero-order chi connectivity index (χ0) is 15.3. The first-order valence-electron chi connectivity index (χ1n) is 7.79. The Hall–Kier alpha value is -0.610. The van der Waals surface area contributed by atoms with Crippen LogP contribution in [0.3, 0.4) is 0 Å². The summed E-state index contributed by atoms with van der Waals surface area (Å²) in [5, 5.41) is 13.2. The summed E-state index contributed by atoms with van der Waals surface area (Å²) >= 11 is 0. The van der Waals surface area contributed by atoms with E-state index in [2.05, 4.69) is 5.32 Å². The number of amides is 1. The number of ether oxygens (including phenoxy) is 1. The molecule has 1 aliphatic heterocycles. The van der Waals surface area contributed by atoms with Crippen LogP contribution in [0.1, 0.15) is 47.5 Å². The minimum absolute atomic E-state index is 0.0193. The van der Waals surface area contributed by atoms with Crippen molar-refractivity contribution in [1.29, 1.82) is 0 Å². The number of aliphatic hydroxyl groups excluding tert-OH is 1. The third kappa shape index (κ3) is 4.74. The Labute approximate surface area is 123 Å². The fourth-order valence-corrected chi connectivity index (χ4v) is 2.91. The lowest BCUT2D eigenvalue weighted by Crippen LogP contribution is -2.45. The maximum atomic E-state index is 12.2. The average Bonchev–Trinajstić information content (AvgIpc) is 2.44. The maximum absolute atomic E-state index is 12.2. The lowest BCUT2D eigenvalue weighted by molar-refractivity contribution is -0.128. The summed E-state index contributed by atoms with van der Waals surface area (Å²) in [4.78, 5) is 12.2. The van der Waals surface area contributed by atoms with E-state index in [0.717, 1.165) is 26.1 Å². The molecule has 0 bridgehead atoms. The van der Waals surface area contributed by atoms with Crippen molar-refractivity contribution < 1.29 is 14.6 Å². The number of carbonyl (C=O) groups is 1. The van der Waals surface area contributed by atoms with Gasteiger partial charge in [0.1, 0.15) is 0 Å². The Bertz CT molecular complexity index is 309. The molecule has 20 heavy (non-hydrogen) atoms. The van der Waals surface area contributed by atoms with E-state index in [4.69, 9.17) is 4.74 Å². The number of carbonyl (C=O) groups excluding carboxylic acids is 1. The first-order valence-corrected chi connectivity index (χ1v) is 7.79. The molecule has 4 nitrogen and oxygen atoms in total. The van der Waals surface area contributed by atoms with Gasteiger partial charge in [0.25, 0.3) is 0 Å². The van der Waals surface area contributed by atoms with Crippen molar-refractivity contribution in [2.45, 2.75) is 53.6 Å². The molecule has 0 aromatic heterocycles. The predicted molar refractivity (Wildman–Crippen MR) is 80.3 cm³/mol. The second-order valence-corrected chi connectivity index (χ2v) is 7.13. The van der Waals surface area contributed by atoms with Gasteiger partial charge in [-0.1, -0.05) is 34.6 Å². The first-order chi connectivity index (χ1) is 9.25. The quantitative estimate of drug-likeness (QED) is 0.786. The number of rotatable bonds is 6. The van der Waals surface area contributed by atoms with Crippen LogP contribution in [0.25, 0.3) is 0 Å². The molecule has 4 heteroatoms. The third-order valence-electron chi connectivity index (χ3n) is 4.54. The topological polar surface area (TPSA) is 58.6 Å². The zero-order valence-corrected chi connectivity index (χ0v) is 13.6. The van der Waals surface area contributed by atoms with Crippen molar-refractivity contribution >= 4 is 5.91 Å². The molecule has 1 amide bonds. The highest BCUT2D eigenvalue weighted by atomic mass is 16.5. The summed E-state index contributed by atoms with van der Waals surface area (Å²) in [5.41, 5.74) is -0.306. The van der Waals surface area contributed by atoms with Gasteiger partial charge in [0.15, 0.2) is 0 Å². The van der Waals surface area contributed by atoms with Crippen LogP contribution < -0.4 is 5.32 Å². The summed E-state index contributed by atoms with van der Waals surface area (Å²) in [6.45, 7) is 12.0. The van der Waals surface area contributed by atoms with E-state index in [9.17, 15) is 9.90 Å². The summed E-state index contributed by atoms with van der Waals surface area (Å²) in [6, 6.07) is 0. The molecule has 1 rings (SSSR count). The SMILES string of the molecule is CC(C)C(O)C(C)(C)CNC(=O)C(C)C1CCOCC1. The maximum Gasteiger partial charge on any atom is 0.223 e. The third-order valence-corrected chi connectivity index (χ3v) is 4.54. The van der Waals surface area contributed by atoms with E-state index in [0.29, 0.717) is 12.5 Å². The fraction of sp³-hybridized carbons (Fsp3) is 0.938. The molecule has 0 aliphatic carbocycles. The van der Waals surface area contributed by atoms with Crippen molar-refractivity contribution in [3.05, 3.63) is 0 Å². The molecule has 2 unspecified atom stereocenters. The highest BCUT2D eigenvalue weighted by molar-refractivity contribution is 5.78. The van der Waals surface area contributed by atoms with Crippen LogP contribution in [0.15, 0.2) is 0 Å². The minimum Gasteiger partial charge on any atom is -0.392 e. The Morgan fingerprint density at radius 2 is 1.85 bits per heavy atom. The van der Waals surface area contributed by atoms with E-state index >= 15 is 0 Å². The average molecular weight is 285 g/mol. The smallest absolute Gasteiger partial charge is 0.223 e. The van der Waals surface area contributed by atoms with E-state index in [-0.39, 0.29) is 23.2 Å². The van der Waals surface area contributed by atoms with Crippen LogP contribution in [0, 0.1) is 23.2 Å². The molecule has 1 aliphatic rings. The monoisotopic (exact) mass is 285 g/mol. The minimum atomic E-state index is -0.416. The molecule has 2 N–H and O–H groups in total. The second kappa shape index (κ2) is 7.41. The normalized spacial score (nSPS) is 20.8. The lowest BCUT2D eigenvalue weighted by Gasteiger charge is -2.34. The van der Waals surface area contributed by atoms with E-state index in [1.54, 1.807) is 0 Å². The largest absolute Gasteiger partial charge is 0.392 e. The Kier molecular flexibility index (Phi) is 6.46. The van der Waals surface area contributed by atoms with Gasteiger partial charge in [-0.05, 0) is 24.7 Å². The van der Waals surface area contributed by atoms with Crippen molar-refractivity contribution in [3.8, 4) is 0 Å². The van der Waals surface area contributed by atoms with Crippen LogP contribution in [-0.2, 0) is 9.53 Å². The van der Waals surface area contributed by atoms with Crippen molar-refractivity contribution in [2.75, 3.05) is 19.8 Å². The second-order valence-electron chi connectivity index (χ2n) is 7.13. The standard InChI is InChI=1S/C16H31NO3/c1-11(2)14(18)16(4,5)10-17-15(19)12(3)13-6-8-20-9-7-13/h11-14,18H,6-10H2,1-5H3,(H,17,19). The van der Waals surface area contributed by atoms with E-state index in [1.807, 2.05) is 34.6 Å². The predicted octanol–water partition coefficient (Wildman–Crippen LogP) is 2.21. The number of hydrogen-bond donors (Lipinski definition) is 2. The van der Waals surface area contributed by atoms with Crippen molar-refractivity contribution in [2.24, 2.45) is 23.2 Å². The van der Waals surface area contributed by atoms with E-state index < -0.39 is 6.10 Å². The molecule has 0 aromatic rings. The van der Waals surface area contributed by atoms with Gasteiger partial charge in [-0.15, -0.1) is 0 Å². The summed E-state index contributed by atoms with van der Waals surface area (Å²) < 4.78 is 5.34. The number of aliphatic hydroxyl groups is 1. The van der Waals surface area contributed by atoms with Crippen LogP contribution in [0.5, 0.6) is 0 Å². The molecule has 0 spiro atoms. The van der Waals surface area contributed by atoms with Crippen molar-refractivity contribution in [3.63, 3.8) is 0 Å². The van der Waals surface area contributed by atoms with Gasteiger partial charge in [0, 0.05) is 31.1 Å². The Morgan fingerprint density at radius 1 is 1.30 bits per heavy atom. The van der Waals surface area contributed by atoms with E-state index in [1.165, 1.54) is 0 Å². The van der Waals surface area contributed by atoms with Crippen LogP contribution in [0.4, 0.5) is 0 Å². The Morgan fingerprint density at radius 3 is 2.35 bits per heavy atom. The molecule has 118 valence electrons. The van der Waals surface area contributed by atoms with Crippen molar-refractivity contribution in [1.82, 2.24) is 5.32 Å². The van der Waals surface area contributed by atoms with Crippen LogP contribution in [-0.4, -0.2) is 36.9 Å². The number of nitrogens with one attached hydrogen (secondary N) is 1. The molecule has 1 saturated heterocycles. The molecule has 2 atom stereocenters. The molecule has 0 saturated carbocycles. The Balaban J connectivity index is 2.45. The van der Waals surface area contributed by atoms with Crippen LogP contribution >= 0.6 is 0 Å². The van der Waals surface area contributed by atoms with Gasteiger partial charge < -0.3 is 15.2 Å². The fourth-order valence-electron chi connectivity index (χ4n) is 2.91. The molecular weight excluding hydrogens is 254 g/mol. The molecule has 1 heterocycles. The highest BCUT2D eigenvalue weighted by Gasteiger charge is 2.32.